The molecule has 2 nitrogen and oxygen atoms in total. The fraction of sp³-hybridized carbons (Fsp3) is 0.727. The van der Waals surface area contributed by atoms with Crippen molar-refractivity contribution >= 4 is 6.34 Å². The minimum Gasteiger partial charge on any atom is -1.00 e. The second-order valence-electron chi connectivity index (χ2n) is 4.17. The molecular formula is C11H19IN2. The molecule has 0 aromatic carbocycles. The van der Waals surface area contributed by atoms with Gasteiger partial charge < -0.3 is 24.0 Å². The second kappa shape index (κ2) is 5.26. The number of quaternary nitrogens is 1. The highest BCUT2D eigenvalue weighted by atomic mass is 127. The number of aliphatic imine (C=N–C) groups is 1. The Balaban J connectivity index is 0.000000980. The highest BCUT2D eigenvalue weighted by Crippen LogP contribution is 2.29. The summed E-state index contributed by atoms with van der Waals surface area (Å²) in [6.45, 7) is 3.42. The van der Waals surface area contributed by atoms with E-state index in [1.165, 1.54) is 32.1 Å². The molecule has 0 amide bonds. The van der Waals surface area contributed by atoms with Gasteiger partial charge in [0.2, 0.25) is 0 Å². The SMILES string of the molecule is CC[N+]1(C2CCCCC2)C=CN=C1.[I-]. The molecule has 0 bridgehead atoms. The summed E-state index contributed by atoms with van der Waals surface area (Å²) in [5, 5.41) is 0. The quantitative estimate of drug-likeness (QED) is 0.489. The van der Waals surface area contributed by atoms with E-state index in [0.717, 1.165) is 17.1 Å². The lowest BCUT2D eigenvalue weighted by molar-refractivity contribution is -0.807. The first kappa shape index (κ1) is 12.2. The van der Waals surface area contributed by atoms with Crippen LogP contribution in [0.5, 0.6) is 0 Å². The van der Waals surface area contributed by atoms with Gasteiger partial charge in [0.25, 0.3) is 0 Å². The van der Waals surface area contributed by atoms with Crippen LogP contribution in [0, 0.1) is 0 Å². The Morgan fingerprint density at radius 3 is 2.50 bits per heavy atom. The van der Waals surface area contributed by atoms with Crippen LogP contribution in [0.1, 0.15) is 39.0 Å². The van der Waals surface area contributed by atoms with E-state index in [-0.39, 0.29) is 24.0 Å². The monoisotopic (exact) mass is 306 g/mol. The second-order valence-corrected chi connectivity index (χ2v) is 4.17. The maximum absolute atomic E-state index is 4.25. The normalized spacial score (nSPS) is 31.8. The van der Waals surface area contributed by atoms with Gasteiger partial charge in [0.1, 0.15) is 6.20 Å². The maximum Gasteiger partial charge on any atom is 0.194 e. The van der Waals surface area contributed by atoms with E-state index < -0.39 is 0 Å². The van der Waals surface area contributed by atoms with Crippen LogP contribution in [0.15, 0.2) is 17.4 Å². The van der Waals surface area contributed by atoms with Gasteiger partial charge in [-0.05, 0) is 19.8 Å². The molecule has 0 N–H and O–H groups in total. The molecule has 1 heterocycles. The fourth-order valence-electron chi connectivity index (χ4n) is 2.59. The molecule has 1 fully saturated rings. The third kappa shape index (κ3) is 2.19. The first-order chi connectivity index (χ1) is 6.37. The highest BCUT2D eigenvalue weighted by Gasteiger charge is 2.35. The maximum atomic E-state index is 4.25. The van der Waals surface area contributed by atoms with Crippen molar-refractivity contribution in [3.05, 3.63) is 12.4 Å². The lowest BCUT2D eigenvalue weighted by Gasteiger charge is -2.37. The molecule has 0 radical (unpaired) electrons. The molecule has 80 valence electrons. The summed E-state index contributed by atoms with van der Waals surface area (Å²) in [6.07, 6.45) is 13.3. The van der Waals surface area contributed by atoms with Gasteiger partial charge in [0, 0.05) is 12.8 Å². The molecule has 2 aliphatic rings. The summed E-state index contributed by atoms with van der Waals surface area (Å²) in [5.74, 6) is 0. The zero-order valence-corrected chi connectivity index (χ0v) is 11.0. The van der Waals surface area contributed by atoms with E-state index >= 15 is 0 Å². The van der Waals surface area contributed by atoms with E-state index in [4.69, 9.17) is 0 Å². The average Bonchev–Trinajstić information content (AvgIpc) is 2.69. The smallest absolute Gasteiger partial charge is 0.194 e. The first-order valence-electron chi connectivity index (χ1n) is 5.46. The first-order valence-corrected chi connectivity index (χ1v) is 5.46. The number of rotatable bonds is 2. The molecule has 1 atom stereocenters. The van der Waals surface area contributed by atoms with Crippen LogP contribution in [-0.2, 0) is 0 Å². The topological polar surface area (TPSA) is 12.4 Å². The van der Waals surface area contributed by atoms with Gasteiger partial charge in [-0.15, -0.1) is 0 Å². The van der Waals surface area contributed by atoms with Crippen molar-refractivity contribution in [2.24, 2.45) is 4.99 Å². The van der Waals surface area contributed by atoms with Crippen molar-refractivity contribution in [3.8, 4) is 0 Å². The fourth-order valence-corrected chi connectivity index (χ4v) is 2.59. The summed E-state index contributed by atoms with van der Waals surface area (Å²) in [7, 11) is 0. The lowest BCUT2D eigenvalue weighted by atomic mass is 9.93. The molecule has 0 aromatic rings. The minimum absolute atomic E-state index is 0. The van der Waals surface area contributed by atoms with Gasteiger partial charge in [0.05, 0.1) is 18.8 Å². The van der Waals surface area contributed by atoms with Crippen molar-refractivity contribution in [2.75, 3.05) is 6.54 Å². The molecule has 1 saturated carbocycles. The van der Waals surface area contributed by atoms with Crippen molar-refractivity contribution in [3.63, 3.8) is 0 Å². The van der Waals surface area contributed by atoms with E-state index in [0.29, 0.717) is 0 Å². The molecule has 1 aliphatic carbocycles. The Labute approximate surface area is 104 Å². The van der Waals surface area contributed by atoms with E-state index in [1.54, 1.807) is 0 Å². The summed E-state index contributed by atoms with van der Waals surface area (Å²) < 4.78 is 1.01. The molecule has 3 heteroatoms. The van der Waals surface area contributed by atoms with Gasteiger partial charge in [-0.25, -0.2) is 4.99 Å². The summed E-state index contributed by atoms with van der Waals surface area (Å²) in [6, 6.07) is 0.807. The predicted molar refractivity (Wildman–Crippen MR) is 55.3 cm³/mol. The van der Waals surface area contributed by atoms with E-state index in [2.05, 4.69) is 24.5 Å². The van der Waals surface area contributed by atoms with Crippen molar-refractivity contribution in [1.29, 1.82) is 0 Å². The Kier molecular flexibility index (Phi) is 4.57. The molecule has 0 spiro atoms. The van der Waals surface area contributed by atoms with Gasteiger partial charge >= 0.3 is 0 Å². The number of nitrogens with zero attached hydrogens (tertiary/aromatic N) is 2. The van der Waals surface area contributed by atoms with Crippen LogP contribution in [0.2, 0.25) is 0 Å². The zero-order valence-electron chi connectivity index (χ0n) is 8.82. The van der Waals surface area contributed by atoms with Crippen LogP contribution in [0.4, 0.5) is 0 Å². The Morgan fingerprint density at radius 1 is 1.29 bits per heavy atom. The summed E-state index contributed by atoms with van der Waals surface area (Å²) in [5.41, 5.74) is 0. The summed E-state index contributed by atoms with van der Waals surface area (Å²) in [4.78, 5) is 4.25. The molecule has 1 aliphatic heterocycles. The van der Waals surface area contributed by atoms with Gasteiger partial charge in [-0.3, -0.25) is 4.48 Å². The Bertz CT molecular complexity index is 217. The number of hydrogen-bond donors (Lipinski definition) is 0. The van der Waals surface area contributed by atoms with Crippen molar-refractivity contribution in [2.45, 2.75) is 45.1 Å². The predicted octanol–water partition coefficient (Wildman–Crippen LogP) is -0.327. The third-order valence-corrected chi connectivity index (χ3v) is 3.51. The third-order valence-electron chi connectivity index (χ3n) is 3.51. The molecule has 2 rings (SSSR count). The van der Waals surface area contributed by atoms with Gasteiger partial charge in [0.15, 0.2) is 6.34 Å². The van der Waals surface area contributed by atoms with Gasteiger partial charge in [-0.2, -0.15) is 0 Å². The standard InChI is InChI=1S/C11H19N2.HI/c1-2-13(9-8-12-10-13)11-6-4-3-5-7-11;/h8-11H,2-7H2,1H3;1H/q+1;/p-1. The van der Waals surface area contributed by atoms with Crippen molar-refractivity contribution < 1.29 is 28.5 Å². The highest BCUT2D eigenvalue weighted by molar-refractivity contribution is 5.51. The summed E-state index contributed by atoms with van der Waals surface area (Å²) >= 11 is 0. The van der Waals surface area contributed by atoms with Crippen LogP contribution >= 0.6 is 0 Å². The van der Waals surface area contributed by atoms with Crippen LogP contribution in [0.25, 0.3) is 0 Å². The molecule has 0 aromatic heterocycles. The van der Waals surface area contributed by atoms with Crippen LogP contribution < -0.4 is 24.0 Å². The zero-order chi connectivity index (χ0) is 9.15. The number of hydrogen-bond acceptors (Lipinski definition) is 1. The molecule has 0 saturated heterocycles. The lowest BCUT2D eigenvalue weighted by Crippen LogP contribution is -3.00. The molecular weight excluding hydrogens is 287 g/mol. The van der Waals surface area contributed by atoms with Crippen LogP contribution in [-0.4, -0.2) is 23.4 Å². The number of halogens is 1. The van der Waals surface area contributed by atoms with Crippen molar-refractivity contribution in [1.82, 2.24) is 0 Å². The molecule has 1 unspecified atom stereocenters. The van der Waals surface area contributed by atoms with E-state index in [9.17, 15) is 0 Å². The van der Waals surface area contributed by atoms with E-state index in [1.807, 2.05) is 6.20 Å². The van der Waals surface area contributed by atoms with Crippen LogP contribution in [0.3, 0.4) is 0 Å². The van der Waals surface area contributed by atoms with Gasteiger partial charge in [-0.1, -0.05) is 6.42 Å². The molecule has 14 heavy (non-hydrogen) atoms. The Morgan fingerprint density at radius 2 is 2.00 bits per heavy atom. The largest absolute Gasteiger partial charge is 1.00 e. The average molecular weight is 306 g/mol. The Hall–Kier alpha value is 0.100. The minimum atomic E-state index is 0.